The highest BCUT2D eigenvalue weighted by Gasteiger charge is 2.45. The molecule has 2 rings (SSSR count). The monoisotopic (exact) mass is 253 g/mol. The number of nitrogens with zero attached hydrogens (tertiary/aromatic N) is 1. The van der Waals surface area contributed by atoms with Crippen molar-refractivity contribution in [2.75, 3.05) is 5.75 Å². The second-order valence-electron chi connectivity index (χ2n) is 4.65. The van der Waals surface area contributed by atoms with E-state index in [1.165, 1.54) is 0 Å². The van der Waals surface area contributed by atoms with E-state index in [9.17, 15) is 9.00 Å². The Kier molecular flexibility index (Phi) is 3.57. The van der Waals surface area contributed by atoms with Gasteiger partial charge in [-0.2, -0.15) is 0 Å². The van der Waals surface area contributed by atoms with Gasteiger partial charge in [-0.05, 0) is 36.0 Å². The molecular weight excluding hydrogens is 238 g/mol. The number of carboxylic acid groups (broad SMARTS) is 1. The van der Waals surface area contributed by atoms with Crippen LogP contribution in [0.25, 0.3) is 0 Å². The standard InChI is InChI=1S/C12H15NO3S/c14-11(15)7-12(3-4-12)9-17(16)8-10-1-5-13-6-2-10/h1-2,5-6H,3-4,7-9H2,(H,14,15). The zero-order valence-corrected chi connectivity index (χ0v) is 10.3. The van der Waals surface area contributed by atoms with E-state index in [0.29, 0.717) is 11.5 Å². The Morgan fingerprint density at radius 1 is 1.41 bits per heavy atom. The Morgan fingerprint density at radius 3 is 2.59 bits per heavy atom. The molecule has 1 aliphatic carbocycles. The van der Waals surface area contributed by atoms with E-state index in [-0.39, 0.29) is 11.8 Å². The predicted octanol–water partition coefficient (Wildman–Crippen LogP) is 1.59. The smallest absolute Gasteiger partial charge is 0.303 e. The molecule has 0 spiro atoms. The summed E-state index contributed by atoms with van der Waals surface area (Å²) in [6.45, 7) is 0. The van der Waals surface area contributed by atoms with Crippen molar-refractivity contribution in [2.45, 2.75) is 25.0 Å². The number of carboxylic acids is 1. The van der Waals surface area contributed by atoms with Crippen LogP contribution in [-0.2, 0) is 21.3 Å². The van der Waals surface area contributed by atoms with Crippen molar-refractivity contribution in [3.05, 3.63) is 30.1 Å². The summed E-state index contributed by atoms with van der Waals surface area (Å²) in [5.74, 6) is 0.203. The van der Waals surface area contributed by atoms with Crippen molar-refractivity contribution < 1.29 is 14.1 Å². The van der Waals surface area contributed by atoms with Crippen LogP contribution in [0.15, 0.2) is 24.5 Å². The molecule has 1 heterocycles. The highest BCUT2D eigenvalue weighted by Crippen LogP contribution is 2.49. The van der Waals surface area contributed by atoms with E-state index in [2.05, 4.69) is 4.98 Å². The van der Waals surface area contributed by atoms with Gasteiger partial charge in [-0.15, -0.1) is 0 Å². The molecule has 1 saturated carbocycles. The van der Waals surface area contributed by atoms with E-state index in [4.69, 9.17) is 5.11 Å². The van der Waals surface area contributed by atoms with Crippen molar-refractivity contribution in [1.82, 2.24) is 4.98 Å². The quantitative estimate of drug-likeness (QED) is 0.836. The van der Waals surface area contributed by atoms with Crippen LogP contribution in [0, 0.1) is 5.41 Å². The Morgan fingerprint density at radius 2 is 2.06 bits per heavy atom. The molecule has 0 aliphatic heterocycles. The van der Waals surface area contributed by atoms with Gasteiger partial charge in [0.15, 0.2) is 0 Å². The number of aliphatic carboxylic acids is 1. The fourth-order valence-electron chi connectivity index (χ4n) is 1.93. The first kappa shape index (κ1) is 12.2. The van der Waals surface area contributed by atoms with Crippen molar-refractivity contribution in [1.29, 1.82) is 0 Å². The van der Waals surface area contributed by atoms with Gasteiger partial charge in [-0.25, -0.2) is 0 Å². The second kappa shape index (κ2) is 4.96. The van der Waals surface area contributed by atoms with Crippen LogP contribution in [0.1, 0.15) is 24.8 Å². The summed E-state index contributed by atoms with van der Waals surface area (Å²) >= 11 is 0. The van der Waals surface area contributed by atoms with Gasteiger partial charge in [-0.3, -0.25) is 14.0 Å². The lowest BCUT2D eigenvalue weighted by Gasteiger charge is -2.11. The number of pyridine rings is 1. The van der Waals surface area contributed by atoms with Crippen LogP contribution in [0.3, 0.4) is 0 Å². The summed E-state index contributed by atoms with van der Waals surface area (Å²) in [7, 11) is -0.985. The van der Waals surface area contributed by atoms with E-state index in [1.54, 1.807) is 12.4 Å². The second-order valence-corrected chi connectivity index (χ2v) is 6.11. The first-order valence-electron chi connectivity index (χ1n) is 5.55. The van der Waals surface area contributed by atoms with Crippen LogP contribution in [0.4, 0.5) is 0 Å². The van der Waals surface area contributed by atoms with Gasteiger partial charge in [0, 0.05) is 34.7 Å². The molecule has 1 aromatic rings. The average Bonchev–Trinajstić information content (AvgIpc) is 2.97. The van der Waals surface area contributed by atoms with Crippen LogP contribution in [-0.4, -0.2) is 26.0 Å². The number of hydrogen-bond donors (Lipinski definition) is 1. The highest BCUT2D eigenvalue weighted by atomic mass is 32.2. The molecule has 5 heteroatoms. The van der Waals surface area contributed by atoms with Gasteiger partial charge in [0.1, 0.15) is 0 Å². The maximum atomic E-state index is 11.9. The zero-order chi connectivity index (χ0) is 12.3. The largest absolute Gasteiger partial charge is 0.481 e. The van der Waals surface area contributed by atoms with Gasteiger partial charge in [0.25, 0.3) is 0 Å². The molecular formula is C12H15NO3S. The number of carbonyl (C=O) groups is 1. The van der Waals surface area contributed by atoms with Crippen molar-refractivity contribution in [2.24, 2.45) is 5.41 Å². The summed E-state index contributed by atoms with van der Waals surface area (Å²) in [6, 6.07) is 3.68. The van der Waals surface area contributed by atoms with Crippen LogP contribution < -0.4 is 0 Å². The Bertz CT molecular complexity index is 429. The van der Waals surface area contributed by atoms with Crippen LogP contribution in [0.2, 0.25) is 0 Å². The first-order valence-corrected chi connectivity index (χ1v) is 7.04. The van der Waals surface area contributed by atoms with Gasteiger partial charge in [0.2, 0.25) is 0 Å². The fraction of sp³-hybridized carbons (Fsp3) is 0.500. The Hall–Kier alpha value is -1.23. The summed E-state index contributed by atoms with van der Waals surface area (Å²) in [5.41, 5.74) is 0.799. The van der Waals surface area contributed by atoms with E-state index >= 15 is 0 Å². The number of aromatic nitrogens is 1. The van der Waals surface area contributed by atoms with Gasteiger partial charge in [-0.1, -0.05) is 0 Å². The third-order valence-electron chi connectivity index (χ3n) is 3.03. The first-order chi connectivity index (χ1) is 8.10. The maximum Gasteiger partial charge on any atom is 0.303 e. The predicted molar refractivity (Wildman–Crippen MR) is 64.9 cm³/mol. The third kappa shape index (κ3) is 3.63. The molecule has 0 amide bonds. The lowest BCUT2D eigenvalue weighted by atomic mass is 10.1. The molecule has 92 valence electrons. The van der Waals surface area contributed by atoms with Gasteiger partial charge < -0.3 is 5.11 Å². The maximum absolute atomic E-state index is 11.9. The highest BCUT2D eigenvalue weighted by molar-refractivity contribution is 7.84. The average molecular weight is 253 g/mol. The minimum atomic E-state index is -0.985. The fourth-order valence-corrected chi connectivity index (χ4v) is 3.67. The molecule has 1 fully saturated rings. The molecule has 1 unspecified atom stereocenters. The lowest BCUT2D eigenvalue weighted by Crippen LogP contribution is -2.17. The molecule has 1 aliphatic rings. The number of hydrogen-bond acceptors (Lipinski definition) is 3. The summed E-state index contributed by atoms with van der Waals surface area (Å²) in [5, 5.41) is 8.78. The molecule has 4 nitrogen and oxygen atoms in total. The van der Waals surface area contributed by atoms with Gasteiger partial charge >= 0.3 is 5.97 Å². The molecule has 1 aromatic heterocycles. The molecule has 17 heavy (non-hydrogen) atoms. The van der Waals surface area contributed by atoms with Crippen molar-refractivity contribution >= 4 is 16.8 Å². The van der Waals surface area contributed by atoms with Crippen molar-refractivity contribution in [3.63, 3.8) is 0 Å². The zero-order valence-electron chi connectivity index (χ0n) is 9.46. The van der Waals surface area contributed by atoms with Crippen LogP contribution in [0.5, 0.6) is 0 Å². The minimum absolute atomic E-state index is 0.148. The normalized spacial score (nSPS) is 18.6. The Labute approximate surface area is 103 Å². The molecule has 1 N–H and O–H groups in total. The molecule has 1 atom stereocenters. The SMILES string of the molecule is O=C(O)CC1(CS(=O)Cc2ccncc2)CC1. The minimum Gasteiger partial charge on any atom is -0.481 e. The van der Waals surface area contributed by atoms with Crippen molar-refractivity contribution in [3.8, 4) is 0 Å². The topological polar surface area (TPSA) is 67.3 Å². The van der Waals surface area contributed by atoms with Crippen LogP contribution >= 0.6 is 0 Å². The van der Waals surface area contributed by atoms with Gasteiger partial charge in [0.05, 0.1) is 6.42 Å². The summed E-state index contributed by atoms with van der Waals surface area (Å²) in [4.78, 5) is 14.6. The van der Waals surface area contributed by atoms with E-state index in [0.717, 1.165) is 18.4 Å². The lowest BCUT2D eigenvalue weighted by molar-refractivity contribution is -0.138. The van der Waals surface area contributed by atoms with E-state index < -0.39 is 16.8 Å². The molecule has 0 aromatic carbocycles. The summed E-state index contributed by atoms with van der Waals surface area (Å²) in [6.07, 6.45) is 5.28. The van der Waals surface area contributed by atoms with E-state index in [1.807, 2.05) is 12.1 Å². The summed E-state index contributed by atoms with van der Waals surface area (Å²) < 4.78 is 11.9. The third-order valence-corrected chi connectivity index (χ3v) is 4.62. The Balaban J connectivity index is 1.88. The molecule has 0 bridgehead atoms. The molecule has 0 saturated heterocycles. The number of rotatable bonds is 6. The molecule has 0 radical (unpaired) electrons.